The van der Waals surface area contributed by atoms with Crippen LogP contribution in [0.15, 0.2) is 36.5 Å². The highest BCUT2D eigenvalue weighted by Crippen LogP contribution is 2.32. The molecular formula is C13H15NS. The molecule has 0 saturated carbocycles. The molecule has 1 aromatic carbocycles. The topological polar surface area (TPSA) is 12.9 Å². The lowest BCUT2D eigenvalue weighted by atomic mass is 9.98. The molecule has 1 aromatic heterocycles. The standard InChI is InChI=1S/C13H15NS/c1-13(2,3)12-14-9-11(15-12)10-7-5-4-6-8-10/h4-9H,1-3H3. The van der Waals surface area contributed by atoms with Gasteiger partial charge in [0.1, 0.15) is 0 Å². The fourth-order valence-electron chi connectivity index (χ4n) is 1.36. The molecule has 2 rings (SSSR count). The third-order valence-corrected chi connectivity index (χ3v) is 3.68. The number of benzene rings is 1. The van der Waals surface area contributed by atoms with Crippen molar-refractivity contribution in [2.45, 2.75) is 26.2 Å². The smallest absolute Gasteiger partial charge is 0.0984 e. The van der Waals surface area contributed by atoms with Crippen LogP contribution in [0.4, 0.5) is 0 Å². The van der Waals surface area contributed by atoms with Crippen molar-refractivity contribution >= 4 is 11.3 Å². The van der Waals surface area contributed by atoms with Crippen molar-refractivity contribution in [3.63, 3.8) is 0 Å². The maximum atomic E-state index is 4.48. The summed E-state index contributed by atoms with van der Waals surface area (Å²) in [7, 11) is 0. The predicted molar refractivity (Wildman–Crippen MR) is 66.3 cm³/mol. The highest BCUT2D eigenvalue weighted by Gasteiger charge is 2.18. The molecule has 0 aliphatic rings. The molecule has 0 spiro atoms. The van der Waals surface area contributed by atoms with Gasteiger partial charge in [0.2, 0.25) is 0 Å². The quantitative estimate of drug-likeness (QED) is 0.700. The summed E-state index contributed by atoms with van der Waals surface area (Å²) in [6, 6.07) is 10.4. The fraction of sp³-hybridized carbons (Fsp3) is 0.308. The van der Waals surface area contributed by atoms with E-state index in [9.17, 15) is 0 Å². The Balaban J connectivity index is 2.37. The van der Waals surface area contributed by atoms with E-state index in [0.717, 1.165) is 0 Å². The van der Waals surface area contributed by atoms with Gasteiger partial charge in [-0.15, -0.1) is 11.3 Å². The monoisotopic (exact) mass is 217 g/mol. The zero-order valence-electron chi connectivity index (χ0n) is 9.32. The van der Waals surface area contributed by atoms with Crippen molar-refractivity contribution in [1.82, 2.24) is 4.98 Å². The van der Waals surface area contributed by atoms with E-state index >= 15 is 0 Å². The van der Waals surface area contributed by atoms with Crippen molar-refractivity contribution in [1.29, 1.82) is 0 Å². The SMILES string of the molecule is CC(C)(C)c1ncc(-c2ccccc2)s1. The molecule has 0 radical (unpaired) electrons. The average molecular weight is 217 g/mol. The van der Waals surface area contributed by atoms with Gasteiger partial charge in [-0.2, -0.15) is 0 Å². The lowest BCUT2D eigenvalue weighted by Crippen LogP contribution is -2.09. The second-order valence-corrected chi connectivity index (χ2v) is 5.68. The summed E-state index contributed by atoms with van der Waals surface area (Å²) in [4.78, 5) is 5.73. The maximum absolute atomic E-state index is 4.48. The zero-order valence-corrected chi connectivity index (χ0v) is 10.1. The summed E-state index contributed by atoms with van der Waals surface area (Å²) in [5.41, 5.74) is 1.41. The van der Waals surface area contributed by atoms with E-state index in [2.05, 4.69) is 50.0 Å². The van der Waals surface area contributed by atoms with Crippen molar-refractivity contribution in [3.05, 3.63) is 41.5 Å². The second-order valence-electron chi connectivity index (χ2n) is 4.65. The van der Waals surface area contributed by atoms with E-state index < -0.39 is 0 Å². The van der Waals surface area contributed by atoms with Crippen molar-refractivity contribution in [2.24, 2.45) is 0 Å². The van der Waals surface area contributed by atoms with Gasteiger partial charge in [-0.05, 0) is 5.56 Å². The Morgan fingerprint density at radius 1 is 1.07 bits per heavy atom. The summed E-state index contributed by atoms with van der Waals surface area (Å²) in [5, 5.41) is 1.20. The summed E-state index contributed by atoms with van der Waals surface area (Å²) < 4.78 is 0. The van der Waals surface area contributed by atoms with E-state index in [4.69, 9.17) is 0 Å². The van der Waals surface area contributed by atoms with Crippen LogP contribution in [0, 0.1) is 0 Å². The predicted octanol–water partition coefficient (Wildman–Crippen LogP) is 4.11. The number of hydrogen-bond donors (Lipinski definition) is 0. The minimum atomic E-state index is 0.150. The van der Waals surface area contributed by atoms with Crippen molar-refractivity contribution < 1.29 is 0 Å². The number of thiazole rings is 1. The molecule has 0 saturated heterocycles. The first-order valence-electron chi connectivity index (χ1n) is 5.09. The van der Waals surface area contributed by atoms with Gasteiger partial charge in [-0.1, -0.05) is 51.1 Å². The van der Waals surface area contributed by atoms with Crippen LogP contribution >= 0.6 is 11.3 Å². The normalized spacial score (nSPS) is 11.7. The molecule has 0 aliphatic carbocycles. The van der Waals surface area contributed by atoms with Gasteiger partial charge in [0, 0.05) is 11.6 Å². The molecule has 2 aromatic rings. The highest BCUT2D eigenvalue weighted by atomic mass is 32.1. The molecular weight excluding hydrogens is 202 g/mol. The van der Waals surface area contributed by atoms with Crippen LogP contribution in [0.25, 0.3) is 10.4 Å². The average Bonchev–Trinajstić information content (AvgIpc) is 2.67. The van der Waals surface area contributed by atoms with Gasteiger partial charge in [0.25, 0.3) is 0 Å². The van der Waals surface area contributed by atoms with Crippen LogP contribution in [0.5, 0.6) is 0 Å². The first kappa shape index (κ1) is 10.4. The first-order chi connectivity index (χ1) is 7.07. The first-order valence-corrected chi connectivity index (χ1v) is 5.91. The Morgan fingerprint density at radius 3 is 2.27 bits per heavy atom. The molecule has 0 bridgehead atoms. The number of aromatic nitrogens is 1. The van der Waals surface area contributed by atoms with Crippen LogP contribution in [0.3, 0.4) is 0 Å². The second kappa shape index (κ2) is 3.78. The molecule has 1 nitrogen and oxygen atoms in total. The summed E-state index contributed by atoms with van der Waals surface area (Å²) in [5.74, 6) is 0. The molecule has 78 valence electrons. The van der Waals surface area contributed by atoms with E-state index in [0.29, 0.717) is 0 Å². The van der Waals surface area contributed by atoms with Gasteiger partial charge in [-0.3, -0.25) is 0 Å². The Hall–Kier alpha value is -1.15. The lowest BCUT2D eigenvalue weighted by molar-refractivity contribution is 0.585. The minimum absolute atomic E-state index is 0.150. The Labute approximate surface area is 94.8 Å². The molecule has 0 atom stereocenters. The summed E-state index contributed by atoms with van der Waals surface area (Å²) in [6.45, 7) is 6.59. The van der Waals surface area contributed by atoms with Crippen LogP contribution in [-0.2, 0) is 5.41 Å². The number of nitrogens with zero attached hydrogens (tertiary/aromatic N) is 1. The van der Waals surface area contributed by atoms with Gasteiger partial charge < -0.3 is 0 Å². The van der Waals surface area contributed by atoms with Gasteiger partial charge in [-0.25, -0.2) is 4.98 Å². The van der Waals surface area contributed by atoms with Gasteiger partial charge in [0.05, 0.1) is 9.88 Å². The maximum Gasteiger partial charge on any atom is 0.0984 e. The largest absolute Gasteiger partial charge is 0.248 e. The van der Waals surface area contributed by atoms with Gasteiger partial charge in [0.15, 0.2) is 0 Å². The zero-order chi connectivity index (χ0) is 10.9. The third-order valence-electron chi connectivity index (χ3n) is 2.21. The molecule has 0 N–H and O–H groups in total. The molecule has 0 fully saturated rings. The summed E-state index contributed by atoms with van der Waals surface area (Å²) >= 11 is 1.78. The number of rotatable bonds is 1. The van der Waals surface area contributed by atoms with E-state index in [1.165, 1.54) is 15.4 Å². The lowest BCUT2D eigenvalue weighted by Gasteiger charge is -2.13. The highest BCUT2D eigenvalue weighted by molar-refractivity contribution is 7.15. The molecule has 0 aliphatic heterocycles. The van der Waals surface area contributed by atoms with Gasteiger partial charge >= 0.3 is 0 Å². The van der Waals surface area contributed by atoms with E-state index in [1.807, 2.05) is 12.3 Å². The van der Waals surface area contributed by atoms with Crippen LogP contribution < -0.4 is 0 Å². The van der Waals surface area contributed by atoms with Crippen molar-refractivity contribution in [3.8, 4) is 10.4 Å². The van der Waals surface area contributed by atoms with Crippen LogP contribution in [-0.4, -0.2) is 4.98 Å². The molecule has 15 heavy (non-hydrogen) atoms. The molecule has 0 amide bonds. The minimum Gasteiger partial charge on any atom is -0.248 e. The Kier molecular flexibility index (Phi) is 2.61. The fourth-order valence-corrected chi connectivity index (χ4v) is 2.34. The molecule has 0 unspecified atom stereocenters. The number of hydrogen-bond acceptors (Lipinski definition) is 2. The van der Waals surface area contributed by atoms with Crippen LogP contribution in [0.1, 0.15) is 25.8 Å². The van der Waals surface area contributed by atoms with E-state index in [-0.39, 0.29) is 5.41 Å². The Morgan fingerprint density at radius 2 is 1.73 bits per heavy atom. The van der Waals surface area contributed by atoms with Crippen molar-refractivity contribution in [2.75, 3.05) is 0 Å². The summed E-state index contributed by atoms with van der Waals surface area (Å²) in [6.07, 6.45) is 1.97. The van der Waals surface area contributed by atoms with E-state index in [1.54, 1.807) is 11.3 Å². The Bertz CT molecular complexity index is 437. The molecule has 1 heterocycles. The molecule has 2 heteroatoms. The van der Waals surface area contributed by atoms with Crippen LogP contribution in [0.2, 0.25) is 0 Å². The third kappa shape index (κ3) is 2.26.